The quantitative estimate of drug-likeness (QED) is 0.388. The lowest BCUT2D eigenvalue weighted by Gasteiger charge is -2.29. The average Bonchev–Trinajstić information content (AvgIpc) is 3.55. The molecule has 186 valence electrons. The number of halogens is 4. The summed E-state index contributed by atoms with van der Waals surface area (Å²) in [5.74, 6) is -1.81. The first-order valence-corrected chi connectivity index (χ1v) is 11.3. The maximum absolute atomic E-state index is 14.9. The number of rotatable bonds is 4. The van der Waals surface area contributed by atoms with Crippen LogP contribution in [-0.2, 0) is 22.7 Å². The Labute approximate surface area is 201 Å². The molecule has 1 saturated heterocycles. The lowest BCUT2D eigenvalue weighted by molar-refractivity contribution is 0.00407. The van der Waals surface area contributed by atoms with Crippen LogP contribution in [0.3, 0.4) is 0 Å². The number of hydrogen-bond donors (Lipinski definition) is 0. The van der Waals surface area contributed by atoms with Gasteiger partial charge >= 0.3 is 6.55 Å². The second kappa shape index (κ2) is 8.79. The Morgan fingerprint density at radius 1 is 1.11 bits per heavy atom. The van der Waals surface area contributed by atoms with Gasteiger partial charge in [0.05, 0.1) is 42.5 Å². The van der Waals surface area contributed by atoms with Crippen molar-refractivity contribution in [2.75, 3.05) is 6.61 Å². The van der Waals surface area contributed by atoms with Crippen LogP contribution in [0.25, 0.3) is 16.9 Å². The molecule has 0 bridgehead atoms. The van der Waals surface area contributed by atoms with Crippen molar-refractivity contribution < 1.29 is 27.0 Å². The van der Waals surface area contributed by atoms with Crippen LogP contribution in [0.2, 0.25) is 0 Å². The number of hydrogen-bond acceptors (Lipinski definition) is 6. The van der Waals surface area contributed by atoms with E-state index >= 15 is 0 Å². The van der Waals surface area contributed by atoms with Gasteiger partial charge in [-0.3, -0.25) is 9.20 Å². The van der Waals surface area contributed by atoms with Gasteiger partial charge in [0.2, 0.25) is 0 Å². The summed E-state index contributed by atoms with van der Waals surface area (Å²) >= 11 is 0. The number of nitrogens with zero attached hydrogens (tertiary/aromatic N) is 5. The lowest BCUT2D eigenvalue weighted by atomic mass is 9.90. The first-order valence-electron chi connectivity index (χ1n) is 11.3. The van der Waals surface area contributed by atoms with E-state index in [2.05, 4.69) is 10.1 Å². The highest BCUT2D eigenvalue weighted by Gasteiger charge is 2.30. The second-order valence-electron chi connectivity index (χ2n) is 8.78. The zero-order valence-corrected chi connectivity index (χ0v) is 18.7. The van der Waals surface area contributed by atoms with Crippen LogP contribution in [0.5, 0.6) is 0 Å². The van der Waals surface area contributed by atoms with Crippen molar-refractivity contribution in [2.45, 2.75) is 44.6 Å². The second-order valence-corrected chi connectivity index (χ2v) is 8.78. The smallest absolute Gasteiger partial charge is 0.333 e. The minimum atomic E-state index is -2.77. The SMILES string of the molecule is O=c1c2c(nc3c(-c4ccc(F)cc4F)nc(C4CCOC(c5cnn(C(F)F)c5)C4)cn13)COC2. The summed E-state index contributed by atoms with van der Waals surface area (Å²) in [7, 11) is 0. The van der Waals surface area contributed by atoms with E-state index in [0.717, 1.165) is 12.1 Å². The van der Waals surface area contributed by atoms with Gasteiger partial charge < -0.3 is 9.47 Å². The van der Waals surface area contributed by atoms with E-state index in [0.29, 0.717) is 46.6 Å². The molecule has 0 amide bonds. The van der Waals surface area contributed by atoms with Crippen molar-refractivity contribution in [1.29, 1.82) is 0 Å². The normalized spacial score (nSPS) is 19.8. The molecule has 36 heavy (non-hydrogen) atoms. The zero-order valence-electron chi connectivity index (χ0n) is 18.7. The Morgan fingerprint density at radius 3 is 2.75 bits per heavy atom. The fourth-order valence-corrected chi connectivity index (χ4v) is 4.74. The number of alkyl halides is 2. The lowest BCUT2D eigenvalue weighted by Crippen LogP contribution is -2.24. The molecule has 0 spiro atoms. The Bertz CT molecular complexity index is 1540. The Morgan fingerprint density at radius 2 is 1.97 bits per heavy atom. The Hall–Kier alpha value is -3.64. The van der Waals surface area contributed by atoms with E-state index in [-0.39, 0.29) is 41.6 Å². The van der Waals surface area contributed by atoms with E-state index in [1.165, 1.54) is 22.9 Å². The standard InChI is InChI=1S/C24H19F4N5O3/c25-14-1-2-15(17(26)6-14)21-22-31-19-11-35-10-16(19)23(34)32(22)9-18(30-21)12-3-4-36-20(5-12)13-7-29-33(8-13)24(27)28/h1-2,6-9,12,20,24H,3-5,10-11H2. The highest BCUT2D eigenvalue weighted by Crippen LogP contribution is 2.38. The Kier molecular flexibility index (Phi) is 5.56. The Balaban J connectivity index is 1.47. The molecule has 0 aliphatic carbocycles. The van der Waals surface area contributed by atoms with Crippen LogP contribution in [0, 0.1) is 11.6 Å². The average molecular weight is 501 g/mol. The van der Waals surface area contributed by atoms with Gasteiger partial charge in [-0.1, -0.05) is 0 Å². The first-order chi connectivity index (χ1) is 17.4. The van der Waals surface area contributed by atoms with Crippen LogP contribution in [0.15, 0.2) is 41.6 Å². The molecule has 0 N–H and O–H groups in total. The maximum Gasteiger partial charge on any atom is 0.333 e. The van der Waals surface area contributed by atoms with E-state index in [1.807, 2.05) is 0 Å². The molecule has 2 aliphatic heterocycles. The number of fused-ring (bicyclic) bond motifs is 2. The molecule has 12 heteroatoms. The number of ether oxygens (including phenoxy) is 2. The molecule has 2 atom stereocenters. The van der Waals surface area contributed by atoms with Gasteiger partial charge in [-0.2, -0.15) is 13.9 Å². The third kappa shape index (κ3) is 3.86. The highest BCUT2D eigenvalue weighted by atomic mass is 19.3. The van der Waals surface area contributed by atoms with Crippen molar-refractivity contribution in [3.8, 4) is 11.3 Å². The van der Waals surface area contributed by atoms with Crippen LogP contribution in [-0.4, -0.2) is 30.8 Å². The molecule has 4 aromatic rings. The minimum absolute atomic E-state index is 0.00309. The van der Waals surface area contributed by atoms with Gasteiger partial charge in [0.25, 0.3) is 5.56 Å². The molecule has 1 aromatic carbocycles. The third-order valence-corrected chi connectivity index (χ3v) is 6.58. The molecule has 0 radical (unpaired) electrons. The molecular weight excluding hydrogens is 482 g/mol. The van der Waals surface area contributed by atoms with Crippen molar-refractivity contribution in [3.63, 3.8) is 0 Å². The summed E-state index contributed by atoms with van der Waals surface area (Å²) in [5.41, 5.74) is 1.76. The number of aromatic nitrogens is 5. The van der Waals surface area contributed by atoms with Crippen LogP contribution in [0.4, 0.5) is 17.6 Å². The van der Waals surface area contributed by atoms with Gasteiger partial charge in [0, 0.05) is 42.1 Å². The van der Waals surface area contributed by atoms with E-state index < -0.39 is 24.3 Å². The maximum atomic E-state index is 14.9. The summed E-state index contributed by atoms with van der Waals surface area (Å²) < 4.78 is 67.5. The zero-order chi connectivity index (χ0) is 25.0. The molecule has 3 aromatic heterocycles. The molecule has 1 fully saturated rings. The van der Waals surface area contributed by atoms with E-state index in [9.17, 15) is 22.4 Å². The molecule has 5 heterocycles. The summed E-state index contributed by atoms with van der Waals surface area (Å²) in [6.07, 6.45) is 4.56. The monoisotopic (exact) mass is 501 g/mol. The van der Waals surface area contributed by atoms with Gasteiger partial charge in [-0.15, -0.1) is 0 Å². The van der Waals surface area contributed by atoms with Gasteiger partial charge in [-0.05, 0) is 25.0 Å². The molecule has 6 rings (SSSR count). The highest BCUT2D eigenvalue weighted by molar-refractivity contribution is 5.74. The fourth-order valence-electron chi connectivity index (χ4n) is 4.74. The molecule has 2 unspecified atom stereocenters. The predicted molar refractivity (Wildman–Crippen MR) is 117 cm³/mol. The summed E-state index contributed by atoms with van der Waals surface area (Å²) in [6, 6.07) is 3.13. The van der Waals surface area contributed by atoms with E-state index in [1.54, 1.807) is 6.20 Å². The van der Waals surface area contributed by atoms with Gasteiger partial charge in [-0.25, -0.2) is 23.4 Å². The first kappa shape index (κ1) is 22.8. The molecule has 8 nitrogen and oxygen atoms in total. The topological polar surface area (TPSA) is 83.5 Å². The van der Waals surface area contributed by atoms with Gasteiger partial charge in [0.1, 0.15) is 17.3 Å². The summed E-state index contributed by atoms with van der Waals surface area (Å²) in [6.45, 7) is -2.17. The summed E-state index contributed by atoms with van der Waals surface area (Å²) in [4.78, 5) is 22.5. The summed E-state index contributed by atoms with van der Waals surface area (Å²) in [5, 5.41) is 3.68. The largest absolute Gasteiger partial charge is 0.373 e. The molecule has 2 aliphatic rings. The number of benzene rings is 1. The van der Waals surface area contributed by atoms with Crippen LogP contribution < -0.4 is 5.56 Å². The van der Waals surface area contributed by atoms with Crippen molar-refractivity contribution in [2.24, 2.45) is 0 Å². The van der Waals surface area contributed by atoms with Crippen LogP contribution in [0.1, 0.15) is 53.9 Å². The third-order valence-electron chi connectivity index (χ3n) is 6.58. The fraction of sp³-hybridized carbons (Fsp3) is 0.333. The van der Waals surface area contributed by atoms with Crippen molar-refractivity contribution >= 4 is 5.65 Å². The van der Waals surface area contributed by atoms with Crippen molar-refractivity contribution in [3.05, 3.63) is 81.3 Å². The molecule has 0 saturated carbocycles. The van der Waals surface area contributed by atoms with Gasteiger partial charge in [0.15, 0.2) is 5.65 Å². The van der Waals surface area contributed by atoms with E-state index in [4.69, 9.17) is 14.5 Å². The van der Waals surface area contributed by atoms with Crippen molar-refractivity contribution in [1.82, 2.24) is 24.1 Å². The van der Waals surface area contributed by atoms with Crippen LogP contribution >= 0.6 is 0 Å². The minimum Gasteiger partial charge on any atom is -0.373 e. The predicted octanol–water partition coefficient (Wildman–Crippen LogP) is 4.29. The molecular formula is C24H19F4N5O3.